The van der Waals surface area contributed by atoms with E-state index in [4.69, 9.17) is 0 Å². The summed E-state index contributed by atoms with van der Waals surface area (Å²) in [5.41, 5.74) is 24.4. The van der Waals surface area contributed by atoms with E-state index in [0.29, 0.717) is 9.79 Å². The van der Waals surface area contributed by atoms with Crippen LogP contribution in [-0.2, 0) is 20.7 Å². The van der Waals surface area contributed by atoms with E-state index in [-0.39, 0.29) is 14.3 Å². The molecule has 0 saturated heterocycles. The minimum absolute atomic E-state index is 0. The summed E-state index contributed by atoms with van der Waals surface area (Å²) in [7, 11) is -3.61. The molecule has 63 heavy (non-hydrogen) atoms. The molecule has 0 saturated carbocycles. The van der Waals surface area contributed by atoms with Gasteiger partial charge in [0.05, 0.1) is 20.6 Å². The molecule has 8 aromatic rings. The Labute approximate surface area is 379 Å². The van der Waals surface area contributed by atoms with Gasteiger partial charge < -0.3 is 0 Å². The van der Waals surface area contributed by atoms with Crippen LogP contribution in [0.3, 0.4) is 0 Å². The molecule has 2 nitrogen and oxygen atoms in total. The van der Waals surface area contributed by atoms with Crippen LogP contribution in [0, 0.1) is 55.4 Å². The van der Waals surface area contributed by atoms with Gasteiger partial charge in [-0.3, -0.25) is 0 Å². The van der Waals surface area contributed by atoms with Crippen molar-refractivity contribution in [3.63, 3.8) is 0 Å². The Bertz CT molecular complexity index is 3180. The molecule has 0 radical (unpaired) electrons. The van der Waals surface area contributed by atoms with Gasteiger partial charge in [0.1, 0.15) is 0 Å². The van der Waals surface area contributed by atoms with Crippen LogP contribution in [-0.4, -0.2) is 8.42 Å². The molecular weight excluding hydrogens is 805 g/mol. The van der Waals surface area contributed by atoms with Crippen LogP contribution >= 0.6 is 11.8 Å². The van der Waals surface area contributed by atoms with E-state index >= 15 is 0 Å². The Morgan fingerprint density at radius 3 is 0.937 bits per heavy atom. The monoisotopic (exact) mass is 858 g/mol. The Balaban J connectivity index is 0.000000157. The molecule has 0 bridgehead atoms. The molecule has 8 aromatic carbocycles. The maximum Gasteiger partial charge on any atom is 0.207 e. The van der Waals surface area contributed by atoms with Crippen LogP contribution < -0.4 is 0 Å². The second kappa shape index (κ2) is 14.3. The molecule has 2 spiro atoms. The summed E-state index contributed by atoms with van der Waals surface area (Å²) in [4.78, 5) is 3.56. The molecule has 0 amide bonds. The Morgan fingerprint density at radius 2 is 0.603 bits per heavy atom. The lowest BCUT2D eigenvalue weighted by Gasteiger charge is -2.40. The molecule has 0 unspecified atom stereocenters. The van der Waals surface area contributed by atoms with E-state index in [9.17, 15) is 8.42 Å². The first-order valence-electron chi connectivity index (χ1n) is 21.6. The summed E-state index contributed by atoms with van der Waals surface area (Å²) in [5.74, 6) is 0. The van der Waals surface area contributed by atoms with Crippen molar-refractivity contribution in [3.05, 3.63) is 235 Å². The van der Waals surface area contributed by atoms with Gasteiger partial charge >= 0.3 is 0 Å². The second-order valence-corrected chi connectivity index (χ2v) is 21.0. The Kier molecular flexibility index (Phi) is 9.32. The van der Waals surface area contributed by atoms with E-state index in [2.05, 4.69) is 152 Å². The number of fused-ring (bicyclic) bond motifs is 18. The van der Waals surface area contributed by atoms with Crippen molar-refractivity contribution < 1.29 is 9.84 Å². The largest absolute Gasteiger partial charge is 0.218 e. The van der Waals surface area contributed by atoms with Crippen LogP contribution in [0.15, 0.2) is 165 Å². The van der Waals surface area contributed by atoms with Crippen molar-refractivity contribution in [3.8, 4) is 22.3 Å². The van der Waals surface area contributed by atoms with Gasteiger partial charge in [-0.1, -0.05) is 141 Å². The fourth-order valence-corrected chi connectivity index (χ4v) is 14.1. The van der Waals surface area contributed by atoms with Crippen LogP contribution in [0.4, 0.5) is 0 Å². The normalized spacial score (nSPS) is 15.3. The second-order valence-electron chi connectivity index (χ2n) is 18.0. The fourth-order valence-electron chi connectivity index (χ4n) is 11.1. The average Bonchev–Trinajstić information content (AvgIpc) is 3.66. The lowest BCUT2D eigenvalue weighted by Crippen LogP contribution is -2.36. The number of sulfone groups is 1. The van der Waals surface area contributed by atoms with Gasteiger partial charge in [0.25, 0.3) is 0 Å². The zero-order valence-corrected chi connectivity index (χ0v) is 38.1. The van der Waals surface area contributed by atoms with E-state index in [1.807, 2.05) is 48.2 Å². The quantitative estimate of drug-likeness (QED) is 0.152. The van der Waals surface area contributed by atoms with Gasteiger partial charge in [-0.2, -0.15) is 0 Å². The van der Waals surface area contributed by atoms with E-state index < -0.39 is 15.3 Å². The molecule has 0 atom stereocenters. The molecule has 12 rings (SSSR count). The smallest absolute Gasteiger partial charge is 0.207 e. The minimum Gasteiger partial charge on any atom is -0.218 e. The van der Waals surface area contributed by atoms with Gasteiger partial charge in [0.2, 0.25) is 9.84 Å². The lowest BCUT2D eigenvalue weighted by molar-refractivity contribution is 0.580. The summed E-state index contributed by atoms with van der Waals surface area (Å²) in [6, 6.07) is 52.0. The first kappa shape index (κ1) is 41.1. The van der Waals surface area contributed by atoms with E-state index in [0.717, 1.165) is 11.1 Å². The fraction of sp³-hybridized carbons (Fsp3) is 0.186. The highest BCUT2D eigenvalue weighted by molar-refractivity contribution is 7.99. The van der Waals surface area contributed by atoms with Crippen molar-refractivity contribution in [2.45, 2.75) is 93.2 Å². The highest BCUT2D eigenvalue weighted by Gasteiger charge is 2.54. The van der Waals surface area contributed by atoms with Gasteiger partial charge in [-0.05, 0) is 191 Å². The van der Waals surface area contributed by atoms with Gasteiger partial charge in [-0.15, -0.1) is 0 Å². The van der Waals surface area contributed by atoms with Crippen LogP contribution in [0.5, 0.6) is 0 Å². The molecule has 2 heterocycles. The van der Waals surface area contributed by atoms with Crippen molar-refractivity contribution >= 4 is 21.6 Å². The highest BCUT2D eigenvalue weighted by Crippen LogP contribution is 2.64. The molecule has 0 aromatic heterocycles. The predicted molar refractivity (Wildman–Crippen MR) is 264 cm³/mol. The number of benzene rings is 8. The molecule has 314 valence electrons. The zero-order valence-electron chi connectivity index (χ0n) is 36.5. The summed E-state index contributed by atoms with van der Waals surface area (Å²) in [6.07, 6.45) is 0. The van der Waals surface area contributed by atoms with Crippen molar-refractivity contribution in [2.24, 2.45) is 0 Å². The number of aryl methyl sites for hydroxylation is 8. The van der Waals surface area contributed by atoms with Crippen LogP contribution in [0.1, 0.15) is 97.9 Å². The summed E-state index contributed by atoms with van der Waals surface area (Å²) in [6.45, 7) is 17.5. The molecule has 4 heteroatoms. The third-order valence-corrected chi connectivity index (χ3v) is 17.7. The summed E-state index contributed by atoms with van der Waals surface area (Å²) < 4.78 is 27.4. The SMILES string of the molecule is C.Cc1cc2c(cc1C)C1(c3cc(C)c(C)cc3-2)c2ccccc2S(=O)(=O)c2ccccc21.Cc1cc2c(cc1C)C1(c3ccccc3Sc3ccccc31)c1cc(C)c(C)cc1-2.[HH]. The lowest BCUT2D eigenvalue weighted by atomic mass is 9.67. The molecule has 2 aliphatic carbocycles. The Hall–Kier alpha value is -5.94. The maximum atomic E-state index is 13.7. The number of hydrogen-bond donors (Lipinski definition) is 0. The molecule has 0 N–H and O–H groups in total. The maximum absolute atomic E-state index is 13.7. The molecular formula is C59H54O2S2. The molecule has 0 fully saturated rings. The topological polar surface area (TPSA) is 34.1 Å². The summed E-state index contributed by atoms with van der Waals surface area (Å²) >= 11 is 1.91. The van der Waals surface area contributed by atoms with Crippen molar-refractivity contribution in [2.75, 3.05) is 0 Å². The van der Waals surface area contributed by atoms with Crippen molar-refractivity contribution in [1.29, 1.82) is 0 Å². The highest BCUT2D eigenvalue weighted by atomic mass is 32.2. The first-order chi connectivity index (χ1) is 29.8. The van der Waals surface area contributed by atoms with E-state index in [1.165, 1.54) is 110 Å². The van der Waals surface area contributed by atoms with Crippen LogP contribution in [0.25, 0.3) is 22.3 Å². The zero-order chi connectivity index (χ0) is 43.0. The van der Waals surface area contributed by atoms with Gasteiger partial charge in [0, 0.05) is 11.2 Å². The van der Waals surface area contributed by atoms with Gasteiger partial charge in [0.15, 0.2) is 0 Å². The average molecular weight is 859 g/mol. The standard InChI is InChI=1S/C29H24O2S.C29H24S.CH4.H2/c1-17-13-21-22-14-18(2)20(4)16-26(22)29(25(21)15-19(17)3)23-9-5-7-11-27(23)32(30,31)28-12-8-6-10-24(28)29;1-17-13-21-22-14-18(2)20(4)16-26(22)29(25(21)15-19(17)3)23-9-5-7-11-27(23)30-28-12-8-6-10-24(28)29;;/h5-16H,1-4H3;5-16H,1-4H3;1H4;1H. The molecule has 4 aliphatic rings. The minimum atomic E-state index is -3.61. The first-order valence-corrected chi connectivity index (χ1v) is 23.9. The van der Waals surface area contributed by atoms with Gasteiger partial charge in [-0.25, -0.2) is 8.42 Å². The number of rotatable bonds is 0. The third kappa shape index (κ3) is 5.41. The number of hydrogen-bond acceptors (Lipinski definition) is 3. The summed E-state index contributed by atoms with van der Waals surface area (Å²) in [5, 5.41) is 0. The Morgan fingerprint density at radius 1 is 0.349 bits per heavy atom. The van der Waals surface area contributed by atoms with E-state index in [1.54, 1.807) is 12.1 Å². The van der Waals surface area contributed by atoms with Crippen molar-refractivity contribution in [1.82, 2.24) is 0 Å². The molecule has 2 aliphatic heterocycles. The van der Waals surface area contributed by atoms with Crippen LogP contribution in [0.2, 0.25) is 0 Å². The third-order valence-electron chi connectivity index (χ3n) is 14.7. The predicted octanol–water partition coefficient (Wildman–Crippen LogP) is 15.1.